The molecular formula is C40H42BNO2. The summed E-state index contributed by atoms with van der Waals surface area (Å²) >= 11 is 0. The van der Waals surface area contributed by atoms with E-state index < -0.39 is 7.12 Å². The van der Waals surface area contributed by atoms with Gasteiger partial charge in [-0.2, -0.15) is 0 Å². The number of hydrogen-bond donors (Lipinski definition) is 0. The number of hydrogen-bond acceptors (Lipinski definition) is 3. The van der Waals surface area contributed by atoms with Gasteiger partial charge < -0.3 is 14.2 Å². The van der Waals surface area contributed by atoms with Crippen molar-refractivity contribution in [2.75, 3.05) is 4.90 Å². The van der Waals surface area contributed by atoms with E-state index in [9.17, 15) is 0 Å². The van der Waals surface area contributed by atoms with Gasteiger partial charge in [0.25, 0.3) is 0 Å². The van der Waals surface area contributed by atoms with Gasteiger partial charge in [0.15, 0.2) is 0 Å². The fourth-order valence-electron chi connectivity index (χ4n) is 7.03. The van der Waals surface area contributed by atoms with Crippen LogP contribution in [0.25, 0.3) is 22.3 Å². The van der Waals surface area contributed by atoms with E-state index in [1.54, 1.807) is 0 Å². The monoisotopic (exact) mass is 579 g/mol. The van der Waals surface area contributed by atoms with Crippen molar-refractivity contribution in [3.8, 4) is 22.3 Å². The third-order valence-corrected chi connectivity index (χ3v) is 9.65. The van der Waals surface area contributed by atoms with Gasteiger partial charge in [-0.1, -0.05) is 125 Å². The maximum absolute atomic E-state index is 6.87. The van der Waals surface area contributed by atoms with E-state index in [-0.39, 0.29) is 11.2 Å². The molecule has 3 nitrogen and oxygen atoms in total. The van der Waals surface area contributed by atoms with Crippen LogP contribution in [0.15, 0.2) is 133 Å². The lowest BCUT2D eigenvalue weighted by Gasteiger charge is -2.42. The van der Waals surface area contributed by atoms with Gasteiger partial charge in [-0.25, -0.2) is 0 Å². The zero-order chi connectivity index (χ0) is 30.6. The molecule has 0 aromatic heterocycles. The predicted molar refractivity (Wildman–Crippen MR) is 186 cm³/mol. The van der Waals surface area contributed by atoms with Crippen LogP contribution in [0.1, 0.15) is 53.4 Å². The van der Waals surface area contributed by atoms with Gasteiger partial charge in [0.2, 0.25) is 0 Å². The summed E-state index contributed by atoms with van der Waals surface area (Å²) in [5.74, 6) is 0. The molecule has 1 aliphatic rings. The van der Waals surface area contributed by atoms with Gasteiger partial charge in [0.1, 0.15) is 0 Å². The molecule has 6 rings (SSSR count). The van der Waals surface area contributed by atoms with Crippen LogP contribution in [0, 0.1) is 0 Å². The highest BCUT2D eigenvalue weighted by Gasteiger charge is 2.58. The largest absolute Gasteiger partial charge is 0.494 e. The number of anilines is 3. The lowest BCUT2D eigenvalue weighted by molar-refractivity contribution is -0.0601. The Hall–Kier alpha value is -4.12. The molecule has 0 saturated carbocycles. The smallest absolute Gasteiger partial charge is 0.399 e. The fourth-order valence-corrected chi connectivity index (χ4v) is 7.03. The van der Waals surface area contributed by atoms with E-state index in [0.29, 0.717) is 0 Å². The van der Waals surface area contributed by atoms with Gasteiger partial charge in [-0.05, 0) is 89.8 Å². The molecule has 4 heteroatoms. The number of nitrogens with zero attached hydrogens (tertiary/aromatic N) is 1. The van der Waals surface area contributed by atoms with Gasteiger partial charge in [-0.15, -0.1) is 0 Å². The highest BCUT2D eigenvalue weighted by atomic mass is 16.7. The standard InChI is InChI=1S/C40H42BNO2/c1-5-39(6-2)40(7-3,8-4)44-41(43-39)35-20-15-21-38(30-35)42(36-26-22-33(23-27-36)31-16-11-9-12-17-31)37-28-24-34(25-29-37)32-18-13-10-14-19-32/h9-30H,5-8H2,1-4H3. The molecule has 1 aliphatic heterocycles. The van der Waals surface area contributed by atoms with Crippen LogP contribution in [-0.2, 0) is 9.31 Å². The first kappa shape index (κ1) is 29.9. The minimum absolute atomic E-state index is 0.294. The SMILES string of the molecule is CCC1(CC)OB(c2cccc(N(c3ccc(-c4ccccc4)cc3)c3ccc(-c4ccccc4)cc3)c2)OC1(CC)CC. The maximum Gasteiger partial charge on any atom is 0.494 e. The molecule has 5 aromatic carbocycles. The Kier molecular flexibility index (Phi) is 8.75. The summed E-state index contributed by atoms with van der Waals surface area (Å²) in [6.07, 6.45) is 3.70. The highest BCUT2D eigenvalue weighted by molar-refractivity contribution is 6.62. The van der Waals surface area contributed by atoms with Crippen molar-refractivity contribution in [2.45, 2.75) is 64.6 Å². The molecule has 0 bridgehead atoms. The van der Waals surface area contributed by atoms with E-state index in [2.05, 4.69) is 166 Å². The predicted octanol–water partition coefficient (Wildman–Crippen LogP) is 10.3. The van der Waals surface area contributed by atoms with Crippen molar-refractivity contribution in [1.82, 2.24) is 0 Å². The Bertz CT molecular complexity index is 1540. The Morgan fingerprint density at radius 3 is 1.27 bits per heavy atom. The maximum atomic E-state index is 6.87. The summed E-state index contributed by atoms with van der Waals surface area (Å²) in [4.78, 5) is 2.32. The number of benzene rings is 5. The minimum atomic E-state index is -0.405. The Morgan fingerprint density at radius 1 is 0.455 bits per heavy atom. The average Bonchev–Trinajstić information content (AvgIpc) is 3.45. The highest BCUT2D eigenvalue weighted by Crippen LogP contribution is 2.47. The third kappa shape index (κ3) is 5.49. The first-order valence-corrected chi connectivity index (χ1v) is 16.1. The van der Waals surface area contributed by atoms with Gasteiger partial charge in [0, 0.05) is 17.1 Å². The molecule has 0 atom stereocenters. The molecule has 222 valence electrons. The van der Waals surface area contributed by atoms with Crippen molar-refractivity contribution < 1.29 is 9.31 Å². The first-order valence-electron chi connectivity index (χ1n) is 16.1. The van der Waals surface area contributed by atoms with Crippen molar-refractivity contribution in [3.05, 3.63) is 133 Å². The Balaban J connectivity index is 1.40. The molecular weight excluding hydrogens is 537 g/mol. The molecule has 5 aromatic rings. The van der Waals surface area contributed by atoms with E-state index in [1.165, 1.54) is 22.3 Å². The molecule has 44 heavy (non-hydrogen) atoms. The molecule has 0 amide bonds. The Labute approximate surface area is 263 Å². The Morgan fingerprint density at radius 2 is 0.864 bits per heavy atom. The van der Waals surface area contributed by atoms with Crippen LogP contribution in [0.5, 0.6) is 0 Å². The molecule has 1 saturated heterocycles. The van der Waals surface area contributed by atoms with Crippen LogP contribution < -0.4 is 10.4 Å². The fraction of sp³-hybridized carbons (Fsp3) is 0.250. The summed E-state index contributed by atoms with van der Waals surface area (Å²) in [6.45, 7) is 8.91. The summed E-state index contributed by atoms with van der Waals surface area (Å²) in [5.41, 5.74) is 8.52. The molecule has 0 radical (unpaired) electrons. The molecule has 0 unspecified atom stereocenters. The zero-order valence-electron chi connectivity index (χ0n) is 26.4. The van der Waals surface area contributed by atoms with Crippen LogP contribution in [0.2, 0.25) is 0 Å². The zero-order valence-corrected chi connectivity index (χ0v) is 26.4. The van der Waals surface area contributed by atoms with Gasteiger partial charge >= 0.3 is 7.12 Å². The average molecular weight is 580 g/mol. The molecule has 1 heterocycles. The quantitative estimate of drug-likeness (QED) is 0.154. The van der Waals surface area contributed by atoms with Gasteiger partial charge in [0.05, 0.1) is 11.2 Å². The minimum Gasteiger partial charge on any atom is -0.399 e. The van der Waals surface area contributed by atoms with Gasteiger partial charge in [-0.3, -0.25) is 0 Å². The third-order valence-electron chi connectivity index (χ3n) is 9.65. The second-order valence-electron chi connectivity index (χ2n) is 11.7. The van der Waals surface area contributed by atoms with Crippen LogP contribution in [0.3, 0.4) is 0 Å². The van der Waals surface area contributed by atoms with Crippen molar-refractivity contribution >= 4 is 29.6 Å². The van der Waals surface area contributed by atoms with E-state index in [1.807, 2.05) is 0 Å². The van der Waals surface area contributed by atoms with E-state index >= 15 is 0 Å². The van der Waals surface area contributed by atoms with E-state index in [4.69, 9.17) is 9.31 Å². The second-order valence-corrected chi connectivity index (χ2v) is 11.7. The second kappa shape index (κ2) is 12.9. The van der Waals surface area contributed by atoms with Crippen LogP contribution in [0.4, 0.5) is 17.1 Å². The number of rotatable bonds is 10. The lowest BCUT2D eigenvalue weighted by atomic mass is 9.75. The topological polar surface area (TPSA) is 21.7 Å². The molecule has 1 fully saturated rings. The normalized spacial score (nSPS) is 15.3. The van der Waals surface area contributed by atoms with Crippen molar-refractivity contribution in [1.29, 1.82) is 0 Å². The van der Waals surface area contributed by atoms with Crippen LogP contribution in [-0.4, -0.2) is 18.3 Å². The molecule has 0 aliphatic carbocycles. The van der Waals surface area contributed by atoms with Crippen molar-refractivity contribution in [2.24, 2.45) is 0 Å². The first-order chi connectivity index (χ1) is 21.5. The molecule has 0 N–H and O–H groups in total. The summed E-state index contributed by atoms with van der Waals surface area (Å²) in [7, 11) is -0.405. The summed E-state index contributed by atoms with van der Waals surface area (Å²) in [6, 6.07) is 47.4. The van der Waals surface area contributed by atoms with Crippen LogP contribution >= 0.6 is 0 Å². The lowest BCUT2D eigenvalue weighted by Crippen LogP contribution is -2.50. The summed E-state index contributed by atoms with van der Waals surface area (Å²) in [5, 5.41) is 0. The molecule has 0 spiro atoms. The van der Waals surface area contributed by atoms with Crippen molar-refractivity contribution in [3.63, 3.8) is 0 Å². The summed E-state index contributed by atoms with van der Waals surface area (Å²) < 4.78 is 13.7. The van der Waals surface area contributed by atoms with E-state index in [0.717, 1.165) is 48.2 Å².